The average molecular weight is 304 g/mol. The smallest absolute Gasteiger partial charge is 0.252 e. The normalized spacial score (nSPS) is 21.4. The summed E-state index contributed by atoms with van der Waals surface area (Å²) in [7, 11) is 0. The fourth-order valence-electron chi connectivity index (χ4n) is 2.97. The fraction of sp³-hybridized carbons (Fsp3) is 0.588. The van der Waals surface area contributed by atoms with E-state index in [0.29, 0.717) is 12.1 Å². The second-order valence-corrected chi connectivity index (χ2v) is 6.80. The molecule has 1 heterocycles. The van der Waals surface area contributed by atoms with Crippen LogP contribution in [-0.4, -0.2) is 19.0 Å². The van der Waals surface area contributed by atoms with Crippen molar-refractivity contribution < 1.29 is 4.79 Å². The van der Waals surface area contributed by atoms with Gasteiger partial charge >= 0.3 is 0 Å². The van der Waals surface area contributed by atoms with Crippen molar-refractivity contribution in [1.82, 2.24) is 5.32 Å². The van der Waals surface area contributed by atoms with E-state index in [1.54, 1.807) is 0 Å². The Kier molecular flexibility index (Phi) is 6.28. The Labute approximate surface area is 131 Å². The summed E-state index contributed by atoms with van der Waals surface area (Å²) in [5.41, 5.74) is 6.05. The molecule has 21 heavy (non-hydrogen) atoms. The van der Waals surface area contributed by atoms with Gasteiger partial charge in [-0.2, -0.15) is 0 Å². The van der Waals surface area contributed by atoms with Crippen molar-refractivity contribution in [2.75, 3.05) is 13.1 Å². The molecule has 1 aromatic heterocycles. The summed E-state index contributed by atoms with van der Waals surface area (Å²) < 4.78 is 0. The van der Waals surface area contributed by atoms with E-state index in [4.69, 9.17) is 5.73 Å². The molecule has 0 aromatic carbocycles. The van der Waals surface area contributed by atoms with E-state index in [-0.39, 0.29) is 5.91 Å². The Morgan fingerprint density at radius 2 is 2.38 bits per heavy atom. The minimum atomic E-state index is 0.0101. The van der Waals surface area contributed by atoms with Crippen molar-refractivity contribution in [3.05, 3.63) is 21.9 Å². The van der Waals surface area contributed by atoms with Gasteiger partial charge in [-0.1, -0.05) is 38.0 Å². The predicted octanol–water partition coefficient (Wildman–Crippen LogP) is 3.00. The molecule has 0 saturated heterocycles. The molecule has 1 fully saturated rings. The van der Waals surface area contributed by atoms with Crippen LogP contribution in [-0.2, 0) is 0 Å². The lowest BCUT2D eigenvalue weighted by molar-refractivity contribution is 0.0950. The lowest BCUT2D eigenvalue weighted by atomic mass is 9.81. The van der Waals surface area contributed by atoms with Crippen LogP contribution in [0.3, 0.4) is 0 Å². The van der Waals surface area contributed by atoms with Crippen molar-refractivity contribution in [2.24, 2.45) is 17.6 Å². The summed E-state index contributed by atoms with van der Waals surface area (Å²) in [6.07, 6.45) is 6.43. The van der Waals surface area contributed by atoms with Gasteiger partial charge in [0.05, 0.1) is 17.0 Å². The van der Waals surface area contributed by atoms with Crippen molar-refractivity contribution >= 4 is 17.2 Å². The van der Waals surface area contributed by atoms with E-state index in [9.17, 15) is 4.79 Å². The first-order chi connectivity index (χ1) is 10.2. The molecule has 1 aromatic rings. The second kappa shape index (κ2) is 8.21. The van der Waals surface area contributed by atoms with E-state index in [1.807, 2.05) is 11.4 Å². The van der Waals surface area contributed by atoms with Gasteiger partial charge in [-0.05, 0) is 30.7 Å². The minimum Gasteiger partial charge on any atom is -0.352 e. The number of nitrogens with one attached hydrogen (secondary N) is 1. The predicted molar refractivity (Wildman–Crippen MR) is 88.3 cm³/mol. The summed E-state index contributed by atoms with van der Waals surface area (Å²) in [6.45, 7) is 3.45. The van der Waals surface area contributed by atoms with Crippen LogP contribution in [0.15, 0.2) is 11.4 Å². The Morgan fingerprint density at radius 3 is 3.14 bits per heavy atom. The topological polar surface area (TPSA) is 55.1 Å². The van der Waals surface area contributed by atoms with Crippen molar-refractivity contribution in [2.45, 2.75) is 39.0 Å². The number of hydrogen-bond donors (Lipinski definition) is 2. The van der Waals surface area contributed by atoms with Gasteiger partial charge in [-0.3, -0.25) is 4.79 Å². The highest BCUT2D eigenvalue weighted by Crippen LogP contribution is 2.30. The van der Waals surface area contributed by atoms with Gasteiger partial charge in [0, 0.05) is 11.9 Å². The van der Waals surface area contributed by atoms with Gasteiger partial charge < -0.3 is 11.1 Å². The molecule has 0 aliphatic heterocycles. The number of carbonyl (C=O) groups excluding carboxylic acids is 1. The molecule has 1 aliphatic rings. The first kappa shape index (κ1) is 16.1. The molecule has 0 spiro atoms. The zero-order chi connectivity index (χ0) is 15.1. The Bertz CT molecular complexity index is 526. The van der Waals surface area contributed by atoms with Crippen LogP contribution in [0.25, 0.3) is 0 Å². The number of nitrogens with two attached hydrogens (primary N) is 1. The Balaban J connectivity index is 1.75. The largest absolute Gasteiger partial charge is 0.352 e. The third kappa shape index (κ3) is 5.18. The van der Waals surface area contributed by atoms with E-state index >= 15 is 0 Å². The minimum absolute atomic E-state index is 0.0101. The quantitative estimate of drug-likeness (QED) is 0.840. The third-order valence-electron chi connectivity index (χ3n) is 4.06. The van der Waals surface area contributed by atoms with Gasteiger partial charge in [0.15, 0.2) is 0 Å². The van der Waals surface area contributed by atoms with E-state index in [2.05, 4.69) is 24.1 Å². The van der Waals surface area contributed by atoms with Crippen LogP contribution in [0.4, 0.5) is 0 Å². The molecule has 3 N–H and O–H groups in total. The molecule has 0 radical (unpaired) electrons. The lowest BCUT2D eigenvalue weighted by Crippen LogP contribution is -2.26. The van der Waals surface area contributed by atoms with Crippen molar-refractivity contribution in [3.63, 3.8) is 0 Å². The van der Waals surface area contributed by atoms with E-state index in [1.165, 1.54) is 37.0 Å². The number of thiophene rings is 1. The number of hydrogen-bond acceptors (Lipinski definition) is 3. The molecular formula is C17H24N2OS. The zero-order valence-electron chi connectivity index (χ0n) is 12.7. The Hall–Kier alpha value is -1.31. The van der Waals surface area contributed by atoms with Crippen LogP contribution in [0.5, 0.6) is 0 Å². The second-order valence-electron chi connectivity index (χ2n) is 5.89. The summed E-state index contributed by atoms with van der Waals surface area (Å²) in [6, 6.07) is 1.84. The fourth-order valence-corrected chi connectivity index (χ4v) is 3.73. The molecule has 4 heteroatoms. The SMILES string of the molecule is CC1CCCC(CCNC(=O)c2csc(C#CCN)c2)C1. The molecule has 1 amide bonds. The highest BCUT2D eigenvalue weighted by molar-refractivity contribution is 7.10. The molecule has 1 saturated carbocycles. The number of amides is 1. The summed E-state index contributed by atoms with van der Waals surface area (Å²) >= 11 is 1.49. The van der Waals surface area contributed by atoms with Gasteiger partial charge in [-0.15, -0.1) is 11.3 Å². The molecule has 2 unspecified atom stereocenters. The maximum atomic E-state index is 12.1. The first-order valence-electron chi connectivity index (χ1n) is 7.74. The molecule has 2 rings (SSSR count). The van der Waals surface area contributed by atoms with Crippen molar-refractivity contribution in [1.29, 1.82) is 0 Å². The van der Waals surface area contributed by atoms with E-state index in [0.717, 1.165) is 29.7 Å². The lowest BCUT2D eigenvalue weighted by Gasteiger charge is -2.26. The van der Waals surface area contributed by atoms with Gasteiger partial charge in [0.25, 0.3) is 5.91 Å². The monoisotopic (exact) mass is 304 g/mol. The number of rotatable bonds is 4. The molecule has 0 bridgehead atoms. The summed E-state index contributed by atoms with van der Waals surface area (Å²) in [4.78, 5) is 13.0. The summed E-state index contributed by atoms with van der Waals surface area (Å²) in [5.74, 6) is 7.40. The van der Waals surface area contributed by atoms with Gasteiger partial charge in [-0.25, -0.2) is 0 Å². The van der Waals surface area contributed by atoms with Crippen LogP contribution in [0, 0.1) is 23.7 Å². The molecular weight excluding hydrogens is 280 g/mol. The molecule has 3 nitrogen and oxygen atoms in total. The van der Waals surface area contributed by atoms with Gasteiger partial charge in [0.2, 0.25) is 0 Å². The molecule has 114 valence electrons. The first-order valence-corrected chi connectivity index (χ1v) is 8.62. The maximum absolute atomic E-state index is 12.1. The van der Waals surface area contributed by atoms with Gasteiger partial charge in [0.1, 0.15) is 0 Å². The van der Waals surface area contributed by atoms with E-state index < -0.39 is 0 Å². The molecule has 1 aliphatic carbocycles. The highest BCUT2D eigenvalue weighted by Gasteiger charge is 2.18. The average Bonchev–Trinajstić information content (AvgIpc) is 2.94. The van der Waals surface area contributed by atoms with Crippen LogP contribution in [0.1, 0.15) is 54.3 Å². The van der Waals surface area contributed by atoms with Crippen LogP contribution in [0.2, 0.25) is 0 Å². The molecule has 2 atom stereocenters. The summed E-state index contributed by atoms with van der Waals surface area (Å²) in [5, 5.41) is 4.89. The standard InChI is InChI=1S/C17H24N2OS/c1-13-4-2-5-14(10-13)7-9-19-17(20)15-11-16(21-12-15)6-3-8-18/h11-14H,2,4-5,7-10,18H2,1H3,(H,19,20). The highest BCUT2D eigenvalue weighted by atomic mass is 32.1. The number of carbonyl (C=O) groups is 1. The Morgan fingerprint density at radius 1 is 1.52 bits per heavy atom. The third-order valence-corrected chi connectivity index (χ3v) is 4.90. The maximum Gasteiger partial charge on any atom is 0.252 e. The van der Waals surface area contributed by atoms with Crippen LogP contribution >= 0.6 is 11.3 Å². The van der Waals surface area contributed by atoms with Crippen LogP contribution < -0.4 is 11.1 Å². The zero-order valence-corrected chi connectivity index (χ0v) is 13.5. The van der Waals surface area contributed by atoms with Crippen molar-refractivity contribution in [3.8, 4) is 11.8 Å².